The van der Waals surface area contributed by atoms with Crippen LogP contribution in [-0.4, -0.2) is 41.0 Å². The molecule has 3 amide bonds. The van der Waals surface area contributed by atoms with Crippen LogP contribution in [0, 0.1) is 5.92 Å². The van der Waals surface area contributed by atoms with Crippen LogP contribution in [-0.2, 0) is 16.1 Å². The lowest BCUT2D eigenvalue weighted by Gasteiger charge is -2.30. The molecule has 0 aromatic heterocycles. The van der Waals surface area contributed by atoms with Crippen molar-refractivity contribution in [1.29, 1.82) is 0 Å². The Morgan fingerprint density at radius 3 is 2.83 bits per heavy atom. The van der Waals surface area contributed by atoms with Gasteiger partial charge in [-0.3, -0.25) is 9.59 Å². The lowest BCUT2D eigenvalue weighted by Crippen LogP contribution is -2.46. The number of carbonyl (C=O) groups is 3. The Hall–Kier alpha value is -2.57. The number of anilines is 1. The third kappa shape index (κ3) is 4.98. The van der Waals surface area contributed by atoms with Gasteiger partial charge in [-0.05, 0) is 30.5 Å². The van der Waals surface area contributed by atoms with Crippen molar-refractivity contribution in [3.05, 3.63) is 29.8 Å². The molecule has 0 saturated carbocycles. The maximum Gasteiger partial charge on any atom is 0.317 e. The Kier molecular flexibility index (Phi) is 5.56. The molecule has 1 fully saturated rings. The number of rotatable bonds is 4. The molecule has 1 unspecified atom stereocenters. The van der Waals surface area contributed by atoms with Crippen LogP contribution in [0.3, 0.4) is 0 Å². The van der Waals surface area contributed by atoms with Gasteiger partial charge >= 0.3 is 12.0 Å². The van der Waals surface area contributed by atoms with Crippen LogP contribution in [0.2, 0.25) is 0 Å². The van der Waals surface area contributed by atoms with Gasteiger partial charge < -0.3 is 20.6 Å². The van der Waals surface area contributed by atoms with E-state index in [1.165, 1.54) is 6.92 Å². The highest BCUT2D eigenvalue weighted by atomic mass is 16.4. The van der Waals surface area contributed by atoms with E-state index in [0.717, 1.165) is 5.56 Å². The van der Waals surface area contributed by atoms with Crippen molar-refractivity contribution in [1.82, 2.24) is 10.2 Å². The zero-order chi connectivity index (χ0) is 16.8. The summed E-state index contributed by atoms with van der Waals surface area (Å²) in [5.74, 6) is -1.50. The maximum absolute atomic E-state index is 12.2. The number of hydrogen-bond acceptors (Lipinski definition) is 3. The summed E-state index contributed by atoms with van der Waals surface area (Å²) in [7, 11) is 0. The van der Waals surface area contributed by atoms with E-state index < -0.39 is 11.9 Å². The van der Waals surface area contributed by atoms with Crippen molar-refractivity contribution in [3.8, 4) is 0 Å². The van der Waals surface area contributed by atoms with E-state index in [4.69, 9.17) is 5.11 Å². The van der Waals surface area contributed by atoms with Crippen molar-refractivity contribution < 1.29 is 19.5 Å². The van der Waals surface area contributed by atoms with Gasteiger partial charge in [-0.2, -0.15) is 0 Å². The van der Waals surface area contributed by atoms with Crippen LogP contribution >= 0.6 is 0 Å². The molecule has 1 saturated heterocycles. The molecule has 0 radical (unpaired) electrons. The molecule has 7 heteroatoms. The van der Waals surface area contributed by atoms with E-state index in [1.54, 1.807) is 23.1 Å². The third-order valence-electron chi connectivity index (χ3n) is 3.75. The number of likely N-dealkylation sites (tertiary alicyclic amines) is 1. The van der Waals surface area contributed by atoms with E-state index in [2.05, 4.69) is 10.6 Å². The molecule has 1 atom stereocenters. The lowest BCUT2D eigenvalue weighted by atomic mass is 9.99. The summed E-state index contributed by atoms with van der Waals surface area (Å²) in [5.41, 5.74) is 1.53. The smallest absolute Gasteiger partial charge is 0.317 e. The van der Waals surface area contributed by atoms with E-state index in [-0.39, 0.29) is 18.5 Å². The monoisotopic (exact) mass is 319 g/mol. The second-order valence-electron chi connectivity index (χ2n) is 5.66. The van der Waals surface area contributed by atoms with Gasteiger partial charge in [-0.1, -0.05) is 12.1 Å². The number of hydrogen-bond donors (Lipinski definition) is 3. The number of aliphatic carboxylic acids is 1. The van der Waals surface area contributed by atoms with Crippen molar-refractivity contribution in [2.45, 2.75) is 26.3 Å². The van der Waals surface area contributed by atoms with Gasteiger partial charge in [-0.25, -0.2) is 4.79 Å². The molecular weight excluding hydrogens is 298 g/mol. The predicted molar refractivity (Wildman–Crippen MR) is 84.9 cm³/mol. The second kappa shape index (κ2) is 7.62. The average molecular weight is 319 g/mol. The first-order valence-electron chi connectivity index (χ1n) is 7.58. The number of nitrogens with zero attached hydrogens (tertiary/aromatic N) is 1. The Bertz CT molecular complexity index is 603. The fraction of sp³-hybridized carbons (Fsp3) is 0.438. The van der Waals surface area contributed by atoms with Gasteiger partial charge in [0.05, 0.1) is 5.92 Å². The standard InChI is InChI=1S/C16H21N3O4/c1-11(20)18-14-6-2-4-12(8-14)9-17-16(23)19-7-3-5-13(10-19)15(21)22/h2,4,6,8,13H,3,5,7,9-10H2,1H3,(H,17,23)(H,18,20)(H,21,22). The fourth-order valence-electron chi connectivity index (χ4n) is 2.61. The minimum absolute atomic E-state index is 0.154. The van der Waals surface area contributed by atoms with Gasteiger partial charge in [0.25, 0.3) is 0 Å². The van der Waals surface area contributed by atoms with Crippen LogP contribution in [0.15, 0.2) is 24.3 Å². The van der Waals surface area contributed by atoms with Crippen LogP contribution in [0.1, 0.15) is 25.3 Å². The molecule has 23 heavy (non-hydrogen) atoms. The summed E-state index contributed by atoms with van der Waals surface area (Å²) >= 11 is 0. The Morgan fingerprint density at radius 1 is 1.35 bits per heavy atom. The van der Waals surface area contributed by atoms with E-state index in [9.17, 15) is 14.4 Å². The molecule has 1 aliphatic heterocycles. The first-order chi connectivity index (χ1) is 11.0. The quantitative estimate of drug-likeness (QED) is 0.786. The molecule has 2 rings (SSSR count). The first-order valence-corrected chi connectivity index (χ1v) is 7.58. The van der Waals surface area contributed by atoms with E-state index >= 15 is 0 Å². The van der Waals surface area contributed by atoms with Gasteiger partial charge in [0.1, 0.15) is 0 Å². The molecule has 1 heterocycles. The number of benzene rings is 1. The summed E-state index contributed by atoms with van der Waals surface area (Å²) in [5, 5.41) is 14.5. The first kappa shape index (κ1) is 16.8. The summed E-state index contributed by atoms with van der Waals surface area (Å²) in [6.07, 6.45) is 1.31. The molecule has 0 aliphatic carbocycles. The minimum atomic E-state index is -0.856. The highest BCUT2D eigenvalue weighted by Crippen LogP contribution is 2.17. The molecule has 1 aliphatic rings. The molecule has 1 aromatic rings. The fourth-order valence-corrected chi connectivity index (χ4v) is 2.61. The highest BCUT2D eigenvalue weighted by Gasteiger charge is 2.27. The Morgan fingerprint density at radius 2 is 2.13 bits per heavy atom. The molecular formula is C16H21N3O4. The highest BCUT2D eigenvalue weighted by molar-refractivity contribution is 5.88. The zero-order valence-corrected chi connectivity index (χ0v) is 13.0. The molecule has 124 valence electrons. The van der Waals surface area contributed by atoms with Gasteiger partial charge in [0, 0.05) is 32.2 Å². The average Bonchev–Trinajstić information content (AvgIpc) is 2.52. The molecule has 1 aromatic carbocycles. The summed E-state index contributed by atoms with van der Waals surface area (Å²) < 4.78 is 0. The number of nitrogens with one attached hydrogen (secondary N) is 2. The summed E-state index contributed by atoms with van der Waals surface area (Å²) in [4.78, 5) is 35.8. The van der Waals surface area contributed by atoms with Crippen LogP contribution in [0.25, 0.3) is 0 Å². The van der Waals surface area contributed by atoms with Crippen molar-refractivity contribution in [2.24, 2.45) is 5.92 Å². The number of amides is 3. The predicted octanol–water partition coefficient (Wildman–Crippen LogP) is 1.65. The van der Waals surface area contributed by atoms with Crippen LogP contribution in [0.4, 0.5) is 10.5 Å². The Labute approximate surface area is 134 Å². The SMILES string of the molecule is CC(=O)Nc1cccc(CNC(=O)N2CCCC(C(=O)O)C2)c1. The molecule has 0 spiro atoms. The number of carboxylic acids is 1. The van der Waals surface area contributed by atoms with E-state index in [1.807, 2.05) is 6.07 Å². The lowest BCUT2D eigenvalue weighted by molar-refractivity contribution is -0.143. The van der Waals surface area contributed by atoms with Gasteiger partial charge in [0.2, 0.25) is 5.91 Å². The summed E-state index contributed by atoms with van der Waals surface area (Å²) in [6.45, 7) is 2.57. The molecule has 0 bridgehead atoms. The molecule has 3 N–H and O–H groups in total. The number of urea groups is 1. The zero-order valence-electron chi connectivity index (χ0n) is 13.0. The largest absolute Gasteiger partial charge is 0.481 e. The maximum atomic E-state index is 12.2. The van der Waals surface area contributed by atoms with Crippen molar-refractivity contribution >= 4 is 23.6 Å². The van der Waals surface area contributed by atoms with E-state index in [0.29, 0.717) is 31.6 Å². The number of piperidine rings is 1. The normalized spacial score (nSPS) is 17.4. The van der Waals surface area contributed by atoms with Crippen LogP contribution < -0.4 is 10.6 Å². The minimum Gasteiger partial charge on any atom is -0.481 e. The van der Waals surface area contributed by atoms with Gasteiger partial charge in [-0.15, -0.1) is 0 Å². The number of carbonyl (C=O) groups excluding carboxylic acids is 2. The van der Waals surface area contributed by atoms with Crippen molar-refractivity contribution in [2.75, 3.05) is 18.4 Å². The third-order valence-corrected chi connectivity index (χ3v) is 3.75. The topological polar surface area (TPSA) is 98.7 Å². The Balaban J connectivity index is 1.89. The van der Waals surface area contributed by atoms with Gasteiger partial charge in [0.15, 0.2) is 0 Å². The number of carboxylic acid groups (broad SMARTS) is 1. The summed E-state index contributed by atoms with van der Waals surface area (Å²) in [6, 6.07) is 6.95. The van der Waals surface area contributed by atoms with Crippen LogP contribution in [0.5, 0.6) is 0 Å². The second-order valence-corrected chi connectivity index (χ2v) is 5.66. The van der Waals surface area contributed by atoms with Crippen molar-refractivity contribution in [3.63, 3.8) is 0 Å². The molecule has 7 nitrogen and oxygen atoms in total.